The quantitative estimate of drug-likeness (QED) is 0.336. The Labute approximate surface area is 256 Å². The predicted octanol–water partition coefficient (Wildman–Crippen LogP) is 5.16. The highest BCUT2D eigenvalue weighted by Gasteiger charge is 2.45. The highest BCUT2D eigenvalue weighted by atomic mass is 32.2. The molecule has 9 nitrogen and oxygen atoms in total. The monoisotopic (exact) mass is 628 g/mol. The standard InChI is InChI=1S/C32H38F2N4O5S/c1-18(2)23-17-44(40,41)31-28(22-8-11-38(16-22)27(39)15-21-4-6-24(33)25(34)14-21)29(32-37-36-19(3)43-32)26(35-30(23)31)7-5-20-9-12-42-13-10-20/h4,6,14,18,20,22-23H,5,7-13,15-17H2,1-3H3/t22-,23+/m0/s1. The molecule has 0 saturated carbocycles. The average Bonchev–Trinajstić information content (AvgIpc) is 3.71. The van der Waals surface area contributed by atoms with Crippen LogP contribution < -0.4 is 0 Å². The minimum absolute atomic E-state index is 0.0167. The fraction of sp³-hybridized carbons (Fsp3) is 0.562. The van der Waals surface area contributed by atoms with Crippen LogP contribution in [0.4, 0.5) is 8.78 Å². The van der Waals surface area contributed by atoms with Crippen molar-refractivity contribution in [2.75, 3.05) is 32.1 Å². The summed E-state index contributed by atoms with van der Waals surface area (Å²) in [5, 5.41) is 8.40. The molecule has 1 amide bonds. The summed E-state index contributed by atoms with van der Waals surface area (Å²) in [6.45, 7) is 7.86. The largest absolute Gasteiger partial charge is 0.421 e. The van der Waals surface area contributed by atoms with Gasteiger partial charge in [0.05, 0.1) is 34.0 Å². The first-order valence-corrected chi connectivity index (χ1v) is 17.1. The Kier molecular flexibility index (Phi) is 8.58. The van der Waals surface area contributed by atoms with Crippen molar-refractivity contribution in [3.05, 3.63) is 58.2 Å². The van der Waals surface area contributed by atoms with Crippen molar-refractivity contribution in [1.82, 2.24) is 20.1 Å². The number of aromatic nitrogens is 3. The van der Waals surface area contributed by atoms with Crippen LogP contribution in [0.25, 0.3) is 11.5 Å². The molecule has 236 valence electrons. The molecule has 0 N–H and O–H groups in total. The van der Waals surface area contributed by atoms with Crippen molar-refractivity contribution in [2.45, 2.75) is 76.0 Å². The van der Waals surface area contributed by atoms with E-state index >= 15 is 0 Å². The Morgan fingerprint density at radius 3 is 2.57 bits per heavy atom. The van der Waals surface area contributed by atoms with E-state index in [4.69, 9.17) is 14.1 Å². The normalized spacial score (nSPS) is 21.7. The zero-order valence-electron chi connectivity index (χ0n) is 25.3. The van der Waals surface area contributed by atoms with Gasteiger partial charge in [-0.25, -0.2) is 17.2 Å². The molecule has 3 aliphatic rings. The third-order valence-corrected chi connectivity index (χ3v) is 11.2. The number of halogens is 2. The number of hydrogen-bond donors (Lipinski definition) is 0. The number of likely N-dealkylation sites (tertiary alicyclic amines) is 1. The summed E-state index contributed by atoms with van der Waals surface area (Å²) < 4.78 is 66.6. The molecule has 2 aromatic heterocycles. The molecule has 6 rings (SSSR count). The summed E-state index contributed by atoms with van der Waals surface area (Å²) in [5.41, 5.74) is 2.92. The van der Waals surface area contributed by atoms with E-state index < -0.39 is 21.5 Å². The Morgan fingerprint density at radius 2 is 1.89 bits per heavy atom. The summed E-state index contributed by atoms with van der Waals surface area (Å²) in [7, 11) is -3.69. The first-order valence-electron chi connectivity index (χ1n) is 15.4. The van der Waals surface area contributed by atoms with E-state index in [0.29, 0.717) is 53.6 Å². The van der Waals surface area contributed by atoms with Gasteiger partial charge in [-0.3, -0.25) is 9.78 Å². The zero-order chi connectivity index (χ0) is 31.2. The van der Waals surface area contributed by atoms with Crippen LogP contribution >= 0.6 is 0 Å². The van der Waals surface area contributed by atoms with E-state index in [9.17, 15) is 22.0 Å². The van der Waals surface area contributed by atoms with Crippen molar-refractivity contribution >= 4 is 15.7 Å². The van der Waals surface area contributed by atoms with Gasteiger partial charge in [-0.05, 0) is 67.2 Å². The van der Waals surface area contributed by atoms with Crippen molar-refractivity contribution in [3.8, 4) is 11.5 Å². The summed E-state index contributed by atoms with van der Waals surface area (Å²) in [5.74, 6) is -1.65. The van der Waals surface area contributed by atoms with Crippen LogP contribution in [-0.2, 0) is 32.2 Å². The highest BCUT2D eigenvalue weighted by Crippen LogP contribution is 2.48. The Balaban J connectivity index is 1.42. The number of amides is 1. The van der Waals surface area contributed by atoms with Gasteiger partial charge >= 0.3 is 0 Å². The number of benzene rings is 1. The second kappa shape index (κ2) is 12.3. The molecule has 1 aromatic carbocycles. The van der Waals surface area contributed by atoms with Crippen LogP contribution in [-0.4, -0.2) is 66.5 Å². The van der Waals surface area contributed by atoms with Gasteiger partial charge in [0.15, 0.2) is 21.5 Å². The minimum atomic E-state index is -3.69. The number of carbonyl (C=O) groups excluding carboxylic acids is 1. The molecule has 3 aromatic rings. The fourth-order valence-corrected chi connectivity index (χ4v) is 9.19. The number of nitrogens with zero attached hydrogens (tertiary/aromatic N) is 4. The van der Waals surface area contributed by atoms with Crippen LogP contribution in [0.3, 0.4) is 0 Å². The molecular formula is C32H38F2N4O5S. The number of fused-ring (bicyclic) bond motifs is 1. The van der Waals surface area contributed by atoms with Crippen LogP contribution in [0, 0.1) is 30.4 Å². The number of pyridine rings is 1. The predicted molar refractivity (Wildman–Crippen MR) is 158 cm³/mol. The van der Waals surface area contributed by atoms with E-state index in [1.54, 1.807) is 11.8 Å². The minimum Gasteiger partial charge on any atom is -0.421 e. The number of sulfone groups is 1. The SMILES string of the molecule is Cc1nnc(-c2c(CCC3CCOCC3)nc3c(c2[C@H]2CCN(C(=O)Cc4ccc(F)c(F)c4)C2)S(=O)(=O)C[C@@H]3C(C)C)o1. The molecule has 0 unspecified atom stereocenters. The maximum atomic E-state index is 13.9. The van der Waals surface area contributed by atoms with Gasteiger partial charge in [-0.2, -0.15) is 0 Å². The zero-order valence-corrected chi connectivity index (χ0v) is 26.1. The first kappa shape index (κ1) is 30.8. The maximum absolute atomic E-state index is 13.9. The second-order valence-corrected chi connectivity index (χ2v) is 14.6. The van der Waals surface area contributed by atoms with Crippen molar-refractivity contribution in [2.24, 2.45) is 11.8 Å². The second-order valence-electron chi connectivity index (χ2n) is 12.7. The summed E-state index contributed by atoms with van der Waals surface area (Å²) >= 11 is 0. The number of ether oxygens (including phenoxy) is 1. The molecule has 0 bridgehead atoms. The number of aryl methyl sites for hydroxylation is 2. The van der Waals surface area contributed by atoms with Gasteiger partial charge in [0, 0.05) is 45.1 Å². The first-order chi connectivity index (χ1) is 21.0. The maximum Gasteiger partial charge on any atom is 0.249 e. The van der Waals surface area contributed by atoms with E-state index in [2.05, 4.69) is 10.2 Å². The van der Waals surface area contributed by atoms with Crippen LogP contribution in [0.1, 0.15) is 79.8 Å². The van der Waals surface area contributed by atoms with E-state index in [1.165, 1.54) is 6.07 Å². The van der Waals surface area contributed by atoms with Crippen molar-refractivity contribution < 1.29 is 31.1 Å². The summed E-state index contributed by atoms with van der Waals surface area (Å²) in [6, 6.07) is 3.45. The van der Waals surface area contributed by atoms with Gasteiger partial charge in [0.1, 0.15) is 0 Å². The Morgan fingerprint density at radius 1 is 1.11 bits per heavy atom. The number of carbonyl (C=O) groups is 1. The fourth-order valence-electron chi connectivity index (χ4n) is 6.89. The van der Waals surface area contributed by atoms with Gasteiger partial charge in [-0.15, -0.1) is 10.2 Å². The van der Waals surface area contributed by atoms with E-state index in [0.717, 1.165) is 50.3 Å². The van der Waals surface area contributed by atoms with Crippen LogP contribution in [0.15, 0.2) is 27.5 Å². The van der Waals surface area contributed by atoms with Crippen LogP contribution in [0.2, 0.25) is 0 Å². The lowest BCUT2D eigenvalue weighted by Crippen LogP contribution is -2.30. The average molecular weight is 629 g/mol. The topological polar surface area (TPSA) is 115 Å². The van der Waals surface area contributed by atoms with Gasteiger partial charge < -0.3 is 14.1 Å². The summed E-state index contributed by atoms with van der Waals surface area (Å²) in [6.07, 6.45) is 3.87. The number of rotatable bonds is 8. The molecule has 2 fully saturated rings. The molecule has 5 heterocycles. The molecule has 0 radical (unpaired) electrons. The lowest BCUT2D eigenvalue weighted by atomic mass is 9.85. The third kappa shape index (κ3) is 6.02. The summed E-state index contributed by atoms with van der Waals surface area (Å²) in [4.78, 5) is 20.3. The van der Waals surface area contributed by atoms with Gasteiger partial charge in [-0.1, -0.05) is 19.9 Å². The van der Waals surface area contributed by atoms with E-state index in [-0.39, 0.29) is 53.2 Å². The molecule has 12 heteroatoms. The Bertz CT molecular complexity index is 1670. The van der Waals surface area contributed by atoms with Gasteiger partial charge in [0.2, 0.25) is 17.7 Å². The molecule has 2 atom stereocenters. The van der Waals surface area contributed by atoms with E-state index in [1.807, 2.05) is 13.8 Å². The number of hydrogen-bond acceptors (Lipinski definition) is 8. The van der Waals surface area contributed by atoms with Crippen LogP contribution in [0.5, 0.6) is 0 Å². The molecule has 44 heavy (non-hydrogen) atoms. The smallest absolute Gasteiger partial charge is 0.249 e. The third-order valence-electron chi connectivity index (χ3n) is 9.32. The Hall–Kier alpha value is -3.25. The molecule has 2 saturated heterocycles. The highest BCUT2D eigenvalue weighted by molar-refractivity contribution is 7.91. The van der Waals surface area contributed by atoms with Crippen molar-refractivity contribution in [3.63, 3.8) is 0 Å². The van der Waals surface area contributed by atoms with Gasteiger partial charge in [0.25, 0.3) is 0 Å². The lowest BCUT2D eigenvalue weighted by molar-refractivity contribution is -0.129. The molecule has 0 aliphatic carbocycles. The lowest BCUT2D eigenvalue weighted by Gasteiger charge is -2.25. The molecule has 3 aliphatic heterocycles. The molecule has 0 spiro atoms. The van der Waals surface area contributed by atoms with Crippen molar-refractivity contribution in [1.29, 1.82) is 0 Å². The molecular weight excluding hydrogens is 590 g/mol.